The van der Waals surface area contributed by atoms with Gasteiger partial charge in [0.2, 0.25) is 5.91 Å². The Kier molecular flexibility index (Phi) is 5.73. The zero-order chi connectivity index (χ0) is 18.5. The highest BCUT2D eigenvalue weighted by atomic mass is 32.2. The molecule has 26 heavy (non-hydrogen) atoms. The van der Waals surface area contributed by atoms with Crippen molar-refractivity contribution in [3.8, 4) is 0 Å². The van der Waals surface area contributed by atoms with E-state index < -0.39 is 6.04 Å². The Hall–Kier alpha value is -2.60. The third-order valence-corrected chi connectivity index (χ3v) is 5.14. The van der Waals surface area contributed by atoms with Crippen LogP contribution in [0.1, 0.15) is 24.4 Å². The van der Waals surface area contributed by atoms with Gasteiger partial charge in [0.05, 0.1) is 5.25 Å². The molecule has 0 aliphatic heterocycles. The number of benzene rings is 2. The minimum atomic E-state index is -0.443. The highest BCUT2D eigenvalue weighted by Crippen LogP contribution is 2.25. The van der Waals surface area contributed by atoms with E-state index in [1.807, 2.05) is 55.1 Å². The van der Waals surface area contributed by atoms with Crippen LogP contribution >= 0.6 is 11.8 Å². The van der Waals surface area contributed by atoms with E-state index in [4.69, 9.17) is 0 Å². The molecule has 3 aromatic rings. The summed E-state index contributed by atoms with van der Waals surface area (Å²) in [4.78, 5) is 18.2. The first-order chi connectivity index (χ1) is 12.5. The maximum absolute atomic E-state index is 13.3. The van der Waals surface area contributed by atoms with Crippen LogP contribution in [0.3, 0.4) is 0 Å². The summed E-state index contributed by atoms with van der Waals surface area (Å²) in [6.07, 6.45) is 3.50. The number of hydrogen-bond donors (Lipinski definition) is 1. The third-order valence-electron chi connectivity index (χ3n) is 4.03. The highest BCUT2D eigenvalue weighted by molar-refractivity contribution is 8.00. The van der Waals surface area contributed by atoms with Crippen molar-refractivity contribution in [1.29, 1.82) is 0 Å². The monoisotopic (exact) mass is 369 g/mol. The molecule has 0 fully saturated rings. The molecule has 0 saturated carbocycles. The second-order valence-corrected chi connectivity index (χ2v) is 7.38. The minimum Gasteiger partial charge on any atom is -0.341 e. The molecule has 0 saturated heterocycles. The molecule has 0 bridgehead atoms. The van der Waals surface area contributed by atoms with Crippen LogP contribution in [0.2, 0.25) is 0 Å². The van der Waals surface area contributed by atoms with E-state index in [1.54, 1.807) is 18.3 Å². The summed E-state index contributed by atoms with van der Waals surface area (Å²) in [5.41, 5.74) is 0.783. The number of aryl methyl sites for hydroxylation is 1. The normalized spacial score (nSPS) is 13.2. The summed E-state index contributed by atoms with van der Waals surface area (Å²) in [6, 6.07) is 15.5. The summed E-state index contributed by atoms with van der Waals surface area (Å²) in [7, 11) is 1.87. The van der Waals surface area contributed by atoms with Gasteiger partial charge in [-0.2, -0.15) is 0 Å². The summed E-state index contributed by atoms with van der Waals surface area (Å²) < 4.78 is 15.1. The van der Waals surface area contributed by atoms with Gasteiger partial charge in [-0.15, -0.1) is 11.8 Å². The molecule has 0 aliphatic rings. The average molecular weight is 369 g/mol. The van der Waals surface area contributed by atoms with Crippen LogP contribution in [0.25, 0.3) is 0 Å². The summed E-state index contributed by atoms with van der Waals surface area (Å²) >= 11 is 1.49. The molecule has 134 valence electrons. The number of rotatable bonds is 6. The molecule has 0 aliphatic carbocycles. The smallest absolute Gasteiger partial charge is 0.234 e. The van der Waals surface area contributed by atoms with Gasteiger partial charge in [0, 0.05) is 24.3 Å². The second-order valence-electron chi connectivity index (χ2n) is 5.96. The molecule has 1 aromatic heterocycles. The molecular formula is C20H20FN3OS. The van der Waals surface area contributed by atoms with Gasteiger partial charge < -0.3 is 9.88 Å². The molecule has 3 rings (SSSR count). The van der Waals surface area contributed by atoms with E-state index >= 15 is 0 Å². The van der Waals surface area contributed by atoms with Crippen LogP contribution in [0.15, 0.2) is 71.9 Å². The lowest BCUT2D eigenvalue weighted by Crippen LogP contribution is -2.36. The number of aromatic nitrogens is 2. The number of hydrogen-bond acceptors (Lipinski definition) is 3. The zero-order valence-corrected chi connectivity index (χ0v) is 15.4. The number of halogens is 1. The number of imidazole rings is 1. The summed E-state index contributed by atoms with van der Waals surface area (Å²) in [5.74, 6) is 0.282. The molecule has 1 heterocycles. The Balaban J connectivity index is 1.80. The molecule has 0 radical (unpaired) electrons. The van der Waals surface area contributed by atoms with Crippen molar-refractivity contribution in [2.24, 2.45) is 7.05 Å². The predicted octanol–water partition coefficient (Wildman–Crippen LogP) is 3.95. The third kappa shape index (κ3) is 4.32. The first kappa shape index (κ1) is 18.2. The maximum atomic E-state index is 13.3. The van der Waals surface area contributed by atoms with Gasteiger partial charge in [-0.05, 0) is 36.8 Å². The van der Waals surface area contributed by atoms with E-state index in [1.165, 1.54) is 23.9 Å². The fourth-order valence-corrected chi connectivity index (χ4v) is 3.52. The molecule has 0 unspecified atom stereocenters. The second kappa shape index (κ2) is 8.19. The molecule has 4 nitrogen and oxygen atoms in total. The van der Waals surface area contributed by atoms with Crippen molar-refractivity contribution < 1.29 is 9.18 Å². The fraction of sp³-hybridized carbons (Fsp3) is 0.200. The molecule has 2 aromatic carbocycles. The van der Waals surface area contributed by atoms with Crippen LogP contribution in [0, 0.1) is 5.82 Å². The van der Waals surface area contributed by atoms with Crippen LogP contribution < -0.4 is 5.32 Å². The predicted molar refractivity (Wildman–Crippen MR) is 101 cm³/mol. The molecule has 1 amide bonds. The van der Waals surface area contributed by atoms with Gasteiger partial charge >= 0.3 is 0 Å². The Morgan fingerprint density at radius 2 is 1.85 bits per heavy atom. The van der Waals surface area contributed by atoms with Crippen molar-refractivity contribution >= 4 is 17.7 Å². The SMILES string of the molecule is C[C@@H](Sc1ccccc1)C(=O)N[C@@H](c1ccc(F)cc1)c1nccn1C. The van der Waals surface area contributed by atoms with Gasteiger partial charge in [-0.1, -0.05) is 30.3 Å². The number of nitrogens with one attached hydrogen (secondary N) is 1. The largest absolute Gasteiger partial charge is 0.341 e. The van der Waals surface area contributed by atoms with Crippen molar-refractivity contribution in [2.45, 2.75) is 23.1 Å². The van der Waals surface area contributed by atoms with E-state index in [0.29, 0.717) is 5.82 Å². The van der Waals surface area contributed by atoms with Crippen molar-refractivity contribution in [2.75, 3.05) is 0 Å². The zero-order valence-electron chi connectivity index (χ0n) is 14.6. The lowest BCUT2D eigenvalue weighted by atomic mass is 10.1. The van der Waals surface area contributed by atoms with Crippen LogP contribution in [0.4, 0.5) is 4.39 Å². The quantitative estimate of drug-likeness (QED) is 0.670. The van der Waals surface area contributed by atoms with Gasteiger partial charge in [0.25, 0.3) is 0 Å². The molecule has 0 spiro atoms. The number of carbonyl (C=O) groups is 1. The highest BCUT2D eigenvalue weighted by Gasteiger charge is 2.24. The molecule has 6 heteroatoms. The Bertz CT molecular complexity index is 864. The molecular weight excluding hydrogens is 349 g/mol. The van der Waals surface area contributed by atoms with Gasteiger partial charge in [-0.3, -0.25) is 4.79 Å². The van der Waals surface area contributed by atoms with E-state index in [-0.39, 0.29) is 17.0 Å². The average Bonchev–Trinajstić information content (AvgIpc) is 3.07. The van der Waals surface area contributed by atoms with Crippen molar-refractivity contribution in [3.05, 3.63) is 84.2 Å². The fourth-order valence-electron chi connectivity index (χ4n) is 2.62. The van der Waals surface area contributed by atoms with E-state index in [2.05, 4.69) is 10.3 Å². The van der Waals surface area contributed by atoms with Gasteiger partial charge in [0.15, 0.2) is 0 Å². The van der Waals surface area contributed by atoms with Crippen molar-refractivity contribution in [3.63, 3.8) is 0 Å². The van der Waals surface area contributed by atoms with E-state index in [0.717, 1.165) is 10.5 Å². The van der Waals surface area contributed by atoms with Crippen LogP contribution in [-0.2, 0) is 11.8 Å². The number of amides is 1. The summed E-state index contributed by atoms with van der Waals surface area (Å²) in [5, 5.41) is 2.77. The van der Waals surface area contributed by atoms with Crippen LogP contribution in [0.5, 0.6) is 0 Å². The number of nitrogens with zero attached hydrogens (tertiary/aromatic N) is 2. The first-order valence-corrected chi connectivity index (χ1v) is 9.17. The maximum Gasteiger partial charge on any atom is 0.234 e. The minimum absolute atomic E-state index is 0.101. The van der Waals surface area contributed by atoms with Crippen LogP contribution in [-0.4, -0.2) is 20.7 Å². The molecule has 2 atom stereocenters. The number of thioether (sulfide) groups is 1. The Morgan fingerprint density at radius 3 is 2.46 bits per heavy atom. The molecule has 1 N–H and O–H groups in total. The topological polar surface area (TPSA) is 46.9 Å². The number of carbonyl (C=O) groups excluding carboxylic acids is 1. The lowest BCUT2D eigenvalue weighted by Gasteiger charge is -2.21. The van der Waals surface area contributed by atoms with Gasteiger partial charge in [0.1, 0.15) is 17.7 Å². The summed E-state index contributed by atoms with van der Waals surface area (Å²) in [6.45, 7) is 1.87. The van der Waals surface area contributed by atoms with E-state index in [9.17, 15) is 9.18 Å². The Labute approximate surface area is 156 Å². The lowest BCUT2D eigenvalue weighted by molar-refractivity contribution is -0.120. The van der Waals surface area contributed by atoms with Gasteiger partial charge in [-0.25, -0.2) is 9.37 Å². The van der Waals surface area contributed by atoms with Crippen molar-refractivity contribution in [1.82, 2.24) is 14.9 Å². The first-order valence-electron chi connectivity index (χ1n) is 8.29. The Morgan fingerprint density at radius 1 is 1.15 bits per heavy atom. The standard InChI is InChI=1S/C20H20FN3OS/c1-14(26-17-6-4-3-5-7-17)20(25)23-18(19-22-12-13-24(19)2)15-8-10-16(21)11-9-15/h3-14,18H,1-2H3,(H,23,25)/t14-,18+/m1/s1.